The van der Waals surface area contributed by atoms with E-state index in [4.69, 9.17) is 23.2 Å². The number of nitrogens with zero attached hydrogens (tertiary/aromatic N) is 2. The molecule has 0 saturated heterocycles. The highest BCUT2D eigenvalue weighted by molar-refractivity contribution is 7.92. The lowest BCUT2D eigenvalue weighted by atomic mass is 10.0. The lowest BCUT2D eigenvalue weighted by Gasteiger charge is -2.32. The first kappa shape index (κ1) is 31.5. The van der Waals surface area contributed by atoms with Gasteiger partial charge in [0.15, 0.2) is 0 Å². The van der Waals surface area contributed by atoms with Crippen molar-refractivity contribution in [3.8, 4) is 0 Å². The van der Waals surface area contributed by atoms with Crippen molar-refractivity contribution in [3.63, 3.8) is 0 Å². The standard InChI is InChI=1S/C30H35Cl2N3O4S/c1-4-33-30(37)28(19-23-12-6-5-7-13-23)34(21-24-14-9-8-11-22(24)2)29(36)15-10-18-35(40(3,38)39)27-20-25(31)16-17-26(27)32/h5-9,11-14,16-17,20,28H,4,10,15,18-19,21H2,1-3H3,(H,33,37). The second kappa shape index (κ2) is 14.5. The van der Waals surface area contributed by atoms with Gasteiger partial charge in [-0.2, -0.15) is 0 Å². The number of anilines is 1. The summed E-state index contributed by atoms with van der Waals surface area (Å²) in [4.78, 5) is 28.7. The zero-order chi connectivity index (χ0) is 29.3. The van der Waals surface area contributed by atoms with Crippen molar-refractivity contribution in [3.05, 3.63) is 99.5 Å². The Morgan fingerprint density at radius 2 is 1.65 bits per heavy atom. The highest BCUT2D eigenvalue weighted by atomic mass is 35.5. The molecule has 0 aliphatic rings. The van der Waals surface area contributed by atoms with Gasteiger partial charge in [-0.1, -0.05) is 77.8 Å². The first-order valence-corrected chi connectivity index (χ1v) is 15.7. The van der Waals surface area contributed by atoms with Gasteiger partial charge in [-0.15, -0.1) is 0 Å². The zero-order valence-corrected chi connectivity index (χ0v) is 25.3. The van der Waals surface area contributed by atoms with Gasteiger partial charge in [-0.25, -0.2) is 8.42 Å². The van der Waals surface area contributed by atoms with Crippen LogP contribution in [-0.2, 0) is 32.6 Å². The minimum Gasteiger partial charge on any atom is -0.355 e. The van der Waals surface area contributed by atoms with E-state index < -0.39 is 16.1 Å². The van der Waals surface area contributed by atoms with Gasteiger partial charge in [0, 0.05) is 37.5 Å². The third-order valence-corrected chi connectivity index (χ3v) is 8.29. The number of rotatable bonds is 13. The monoisotopic (exact) mass is 603 g/mol. The molecule has 0 aliphatic heterocycles. The van der Waals surface area contributed by atoms with Gasteiger partial charge >= 0.3 is 0 Å². The molecule has 7 nitrogen and oxygen atoms in total. The average molecular weight is 605 g/mol. The molecule has 10 heteroatoms. The predicted octanol–water partition coefficient (Wildman–Crippen LogP) is 5.62. The van der Waals surface area contributed by atoms with Gasteiger partial charge in [0.1, 0.15) is 6.04 Å². The number of sulfonamides is 1. The summed E-state index contributed by atoms with van der Waals surface area (Å²) in [5.41, 5.74) is 3.13. The molecule has 40 heavy (non-hydrogen) atoms. The van der Waals surface area contributed by atoms with Gasteiger partial charge in [0.05, 0.1) is 17.0 Å². The maximum atomic E-state index is 13.8. The molecule has 0 bridgehead atoms. The van der Waals surface area contributed by atoms with Gasteiger partial charge in [0.25, 0.3) is 0 Å². The zero-order valence-electron chi connectivity index (χ0n) is 22.9. The van der Waals surface area contributed by atoms with E-state index in [0.717, 1.165) is 27.3 Å². The number of nitrogens with one attached hydrogen (secondary N) is 1. The van der Waals surface area contributed by atoms with E-state index in [1.165, 1.54) is 12.1 Å². The Balaban J connectivity index is 1.89. The number of hydrogen-bond donors (Lipinski definition) is 1. The Morgan fingerprint density at radius 1 is 0.975 bits per heavy atom. The molecule has 0 spiro atoms. The maximum Gasteiger partial charge on any atom is 0.243 e. The Bertz CT molecular complexity index is 1420. The van der Waals surface area contributed by atoms with Crippen LogP contribution in [0.2, 0.25) is 10.0 Å². The molecular formula is C30H35Cl2N3O4S. The van der Waals surface area contributed by atoms with Crippen molar-refractivity contribution in [2.24, 2.45) is 0 Å². The van der Waals surface area contributed by atoms with E-state index in [0.29, 0.717) is 18.0 Å². The molecule has 0 heterocycles. The summed E-state index contributed by atoms with van der Waals surface area (Å²) in [7, 11) is -3.71. The SMILES string of the molecule is CCNC(=O)C(Cc1ccccc1)N(Cc1ccccc1C)C(=O)CCCN(c1cc(Cl)ccc1Cl)S(C)(=O)=O. The molecule has 1 unspecified atom stereocenters. The fourth-order valence-corrected chi connectivity index (χ4v) is 5.88. The minimum absolute atomic E-state index is 0.0212. The van der Waals surface area contributed by atoms with Crippen molar-refractivity contribution in [2.75, 3.05) is 23.7 Å². The van der Waals surface area contributed by atoms with Crippen LogP contribution < -0.4 is 9.62 Å². The van der Waals surface area contributed by atoms with Crippen molar-refractivity contribution in [1.29, 1.82) is 0 Å². The second-order valence-electron chi connectivity index (χ2n) is 9.58. The first-order chi connectivity index (χ1) is 19.0. The third kappa shape index (κ3) is 8.71. The number of amides is 2. The van der Waals surface area contributed by atoms with Crippen LogP contribution in [0.3, 0.4) is 0 Å². The van der Waals surface area contributed by atoms with Crippen molar-refractivity contribution < 1.29 is 18.0 Å². The number of halogens is 2. The molecular weight excluding hydrogens is 569 g/mol. The molecule has 3 aromatic rings. The number of carbonyl (C=O) groups is 2. The summed E-state index contributed by atoms with van der Waals surface area (Å²) in [5.74, 6) is -0.488. The van der Waals surface area contributed by atoms with Crippen LogP contribution in [0, 0.1) is 6.92 Å². The number of benzene rings is 3. The Morgan fingerprint density at radius 3 is 2.30 bits per heavy atom. The fourth-order valence-electron chi connectivity index (χ4n) is 4.48. The Hall–Kier alpha value is -3.07. The molecule has 0 saturated carbocycles. The molecule has 2 amide bonds. The highest BCUT2D eigenvalue weighted by Crippen LogP contribution is 2.31. The second-order valence-corrected chi connectivity index (χ2v) is 12.3. The van der Waals surface area contributed by atoms with Crippen molar-refractivity contribution >= 4 is 50.7 Å². The number of likely N-dealkylation sites (N-methyl/N-ethyl adjacent to an activating group) is 1. The largest absolute Gasteiger partial charge is 0.355 e. The fraction of sp³-hybridized carbons (Fsp3) is 0.333. The molecule has 3 rings (SSSR count). The van der Waals surface area contributed by atoms with E-state index >= 15 is 0 Å². The lowest BCUT2D eigenvalue weighted by molar-refractivity contribution is -0.141. The van der Waals surface area contributed by atoms with Crippen molar-refractivity contribution in [2.45, 2.75) is 45.7 Å². The summed E-state index contributed by atoms with van der Waals surface area (Å²) in [6.45, 7) is 4.50. The topological polar surface area (TPSA) is 86.8 Å². The van der Waals surface area contributed by atoms with Crippen LogP contribution in [0.4, 0.5) is 5.69 Å². The van der Waals surface area contributed by atoms with Gasteiger partial charge in [-0.3, -0.25) is 13.9 Å². The summed E-state index contributed by atoms with van der Waals surface area (Å²) >= 11 is 12.4. The van der Waals surface area contributed by atoms with Gasteiger partial charge in [-0.05, 0) is 55.2 Å². The number of hydrogen-bond acceptors (Lipinski definition) is 4. The van der Waals surface area contributed by atoms with Crippen LogP contribution in [0.15, 0.2) is 72.8 Å². The summed E-state index contributed by atoms with van der Waals surface area (Å²) in [6, 6.07) is 21.2. The van der Waals surface area contributed by atoms with E-state index in [1.54, 1.807) is 11.0 Å². The van der Waals surface area contributed by atoms with E-state index in [1.807, 2.05) is 68.4 Å². The molecule has 1 atom stereocenters. The lowest BCUT2D eigenvalue weighted by Crippen LogP contribution is -2.50. The molecule has 0 fully saturated rings. The van der Waals surface area contributed by atoms with Gasteiger partial charge < -0.3 is 10.2 Å². The van der Waals surface area contributed by atoms with Crippen LogP contribution in [0.25, 0.3) is 0 Å². The average Bonchev–Trinajstić information content (AvgIpc) is 2.91. The molecule has 3 aromatic carbocycles. The van der Waals surface area contributed by atoms with Gasteiger partial charge in [0.2, 0.25) is 21.8 Å². The normalized spacial score (nSPS) is 12.0. The summed E-state index contributed by atoms with van der Waals surface area (Å²) in [5, 5.41) is 3.47. The Kier molecular flexibility index (Phi) is 11.4. The van der Waals surface area contributed by atoms with E-state index in [9.17, 15) is 18.0 Å². The molecule has 0 aromatic heterocycles. The van der Waals surface area contributed by atoms with Crippen molar-refractivity contribution in [1.82, 2.24) is 10.2 Å². The number of carbonyl (C=O) groups excluding carboxylic acids is 2. The summed E-state index contributed by atoms with van der Waals surface area (Å²) < 4.78 is 26.4. The quantitative estimate of drug-likeness (QED) is 0.274. The molecule has 1 N–H and O–H groups in total. The van der Waals surface area contributed by atoms with E-state index in [-0.39, 0.29) is 48.5 Å². The van der Waals surface area contributed by atoms with Crippen LogP contribution in [0.5, 0.6) is 0 Å². The predicted molar refractivity (Wildman–Crippen MR) is 162 cm³/mol. The first-order valence-electron chi connectivity index (χ1n) is 13.1. The molecule has 0 radical (unpaired) electrons. The highest BCUT2D eigenvalue weighted by Gasteiger charge is 2.30. The summed E-state index contributed by atoms with van der Waals surface area (Å²) in [6.07, 6.45) is 1.67. The Labute approximate surface area is 247 Å². The molecule has 0 aliphatic carbocycles. The minimum atomic E-state index is -3.71. The van der Waals surface area contributed by atoms with E-state index in [2.05, 4.69) is 5.32 Å². The number of aryl methyl sites for hydroxylation is 1. The third-order valence-electron chi connectivity index (χ3n) is 6.55. The molecule has 214 valence electrons. The maximum absolute atomic E-state index is 13.8. The van der Waals surface area contributed by atoms with Crippen LogP contribution in [-0.4, -0.2) is 50.5 Å². The smallest absolute Gasteiger partial charge is 0.243 e. The van der Waals surface area contributed by atoms with Crippen LogP contribution in [0.1, 0.15) is 36.5 Å². The van der Waals surface area contributed by atoms with Crippen LogP contribution >= 0.6 is 23.2 Å².